The molecule has 1 aromatic heterocycles. The van der Waals surface area contributed by atoms with Crippen LogP contribution in [0.25, 0.3) is 0 Å². The van der Waals surface area contributed by atoms with Gasteiger partial charge in [0, 0.05) is 50.8 Å². The van der Waals surface area contributed by atoms with E-state index in [-0.39, 0.29) is 35.3 Å². The molecule has 2 aliphatic heterocycles. The summed E-state index contributed by atoms with van der Waals surface area (Å²) in [6.45, 7) is 12.6. The molecule has 2 atom stereocenters. The van der Waals surface area contributed by atoms with Gasteiger partial charge < -0.3 is 19.4 Å². The van der Waals surface area contributed by atoms with Crippen LogP contribution in [0.5, 0.6) is 11.5 Å². The maximum atomic E-state index is 14.3. The molecule has 1 spiro atoms. The Kier molecular flexibility index (Phi) is 9.46. The molecule has 1 aromatic carbocycles. The lowest BCUT2D eigenvalue weighted by molar-refractivity contribution is -0.0386. The Morgan fingerprint density at radius 1 is 1.19 bits per heavy atom. The van der Waals surface area contributed by atoms with Gasteiger partial charge in [-0.05, 0) is 89.3 Å². The summed E-state index contributed by atoms with van der Waals surface area (Å²) in [5.74, 6) is 1.11. The second-order valence-electron chi connectivity index (χ2n) is 12.8. The first kappa shape index (κ1) is 30.8. The molecule has 0 bridgehead atoms. The predicted molar refractivity (Wildman–Crippen MR) is 160 cm³/mol. The van der Waals surface area contributed by atoms with E-state index in [1.807, 2.05) is 27.7 Å². The number of likely N-dealkylation sites (tertiary alicyclic amines) is 1. The topological polar surface area (TPSA) is 111 Å². The normalized spacial score (nSPS) is 21.6. The molecule has 2 aromatic rings. The minimum absolute atomic E-state index is 0.0581. The summed E-state index contributed by atoms with van der Waals surface area (Å²) in [5, 5.41) is 0. The maximum Gasteiger partial charge on any atom is 0.258 e. The SMILES string of the molecule is CC(C)N(C(=O)c1cc(F)ccc1Oc1cncnc1N1CC[C@H](CN2CC3(CCC(NS(=O)O)CC3)C2)C1)C(C)C. The van der Waals surface area contributed by atoms with Crippen LogP contribution < -0.4 is 14.4 Å². The molecule has 2 saturated heterocycles. The van der Waals surface area contributed by atoms with Gasteiger partial charge in [0.05, 0.1) is 11.8 Å². The second kappa shape index (κ2) is 12.9. The van der Waals surface area contributed by atoms with Gasteiger partial charge >= 0.3 is 0 Å². The Labute approximate surface area is 250 Å². The largest absolute Gasteiger partial charge is 0.451 e. The number of benzene rings is 1. The predicted octanol–water partition coefficient (Wildman–Crippen LogP) is 4.46. The number of halogens is 1. The second-order valence-corrected chi connectivity index (χ2v) is 13.5. The van der Waals surface area contributed by atoms with Gasteiger partial charge in [-0.25, -0.2) is 23.3 Å². The van der Waals surface area contributed by atoms with E-state index in [0.29, 0.717) is 22.9 Å². The number of hydrogen-bond acceptors (Lipinski definition) is 7. The van der Waals surface area contributed by atoms with Gasteiger partial charge in [0.25, 0.3) is 5.91 Å². The molecule has 3 fully saturated rings. The number of rotatable bonds is 10. The monoisotopic (exact) mass is 602 g/mol. The summed E-state index contributed by atoms with van der Waals surface area (Å²) in [6, 6.07) is 4.05. The Balaban J connectivity index is 1.21. The molecule has 230 valence electrons. The van der Waals surface area contributed by atoms with Crippen molar-refractivity contribution in [2.75, 3.05) is 37.6 Å². The number of nitrogens with one attached hydrogen (secondary N) is 1. The minimum Gasteiger partial charge on any atom is -0.451 e. The van der Waals surface area contributed by atoms with Crippen LogP contribution in [0.2, 0.25) is 0 Å². The molecule has 12 heteroatoms. The summed E-state index contributed by atoms with van der Waals surface area (Å²) in [6.07, 6.45) is 8.23. The fraction of sp³-hybridized carbons (Fsp3) is 0.633. The lowest BCUT2D eigenvalue weighted by Gasteiger charge is -2.54. The molecule has 1 amide bonds. The van der Waals surface area contributed by atoms with E-state index in [4.69, 9.17) is 9.29 Å². The zero-order valence-corrected chi connectivity index (χ0v) is 25.8. The van der Waals surface area contributed by atoms with E-state index in [9.17, 15) is 13.4 Å². The van der Waals surface area contributed by atoms with Gasteiger partial charge in [-0.3, -0.25) is 9.35 Å². The number of nitrogens with zero attached hydrogens (tertiary/aromatic N) is 5. The summed E-state index contributed by atoms with van der Waals surface area (Å²) in [4.78, 5) is 28.7. The van der Waals surface area contributed by atoms with Crippen LogP contribution in [-0.4, -0.2) is 85.3 Å². The van der Waals surface area contributed by atoms with Crippen LogP contribution in [0.3, 0.4) is 0 Å². The molecule has 1 unspecified atom stereocenters. The first-order valence-corrected chi connectivity index (χ1v) is 16.1. The summed E-state index contributed by atoms with van der Waals surface area (Å²) in [7, 11) is 0. The zero-order chi connectivity index (χ0) is 30.0. The molecule has 1 saturated carbocycles. The fourth-order valence-electron chi connectivity index (χ4n) is 7.08. The van der Waals surface area contributed by atoms with Gasteiger partial charge in [-0.15, -0.1) is 0 Å². The Morgan fingerprint density at radius 2 is 1.90 bits per heavy atom. The molecule has 3 aliphatic rings. The van der Waals surface area contributed by atoms with Gasteiger partial charge in [-0.1, -0.05) is 0 Å². The molecule has 10 nitrogen and oxygen atoms in total. The summed E-state index contributed by atoms with van der Waals surface area (Å²) < 4.78 is 43.5. The molecule has 42 heavy (non-hydrogen) atoms. The molecule has 5 rings (SSSR count). The Bertz CT molecular complexity index is 1270. The van der Waals surface area contributed by atoms with E-state index in [2.05, 4.69) is 24.5 Å². The van der Waals surface area contributed by atoms with Crippen molar-refractivity contribution in [3.8, 4) is 11.5 Å². The van der Waals surface area contributed by atoms with Crippen molar-refractivity contribution in [1.82, 2.24) is 24.5 Å². The van der Waals surface area contributed by atoms with Gasteiger partial charge in [0.15, 0.2) is 11.6 Å². The van der Waals surface area contributed by atoms with Crippen molar-refractivity contribution in [3.63, 3.8) is 0 Å². The average Bonchev–Trinajstić information content (AvgIpc) is 3.38. The fourth-order valence-corrected chi connectivity index (χ4v) is 7.60. The highest BCUT2D eigenvalue weighted by Gasteiger charge is 2.46. The third kappa shape index (κ3) is 6.93. The smallest absolute Gasteiger partial charge is 0.258 e. The van der Waals surface area contributed by atoms with Crippen LogP contribution >= 0.6 is 0 Å². The van der Waals surface area contributed by atoms with E-state index in [1.54, 1.807) is 11.1 Å². The van der Waals surface area contributed by atoms with Crippen molar-refractivity contribution in [2.45, 2.75) is 77.9 Å². The Morgan fingerprint density at radius 3 is 2.57 bits per heavy atom. The van der Waals surface area contributed by atoms with E-state index in [1.165, 1.54) is 24.5 Å². The quantitative estimate of drug-likeness (QED) is 0.384. The first-order valence-electron chi connectivity index (χ1n) is 15.0. The highest BCUT2D eigenvalue weighted by molar-refractivity contribution is 7.77. The van der Waals surface area contributed by atoms with Crippen molar-refractivity contribution in [3.05, 3.63) is 42.1 Å². The third-order valence-corrected chi connectivity index (χ3v) is 9.47. The van der Waals surface area contributed by atoms with Crippen molar-refractivity contribution in [1.29, 1.82) is 0 Å². The molecular weight excluding hydrogens is 559 g/mol. The van der Waals surface area contributed by atoms with Crippen LogP contribution in [0.4, 0.5) is 10.2 Å². The lowest BCUT2D eigenvalue weighted by Crippen LogP contribution is -2.59. The number of amides is 1. The van der Waals surface area contributed by atoms with Gasteiger partial charge in [0.2, 0.25) is 11.3 Å². The van der Waals surface area contributed by atoms with Crippen molar-refractivity contribution in [2.24, 2.45) is 11.3 Å². The standard InChI is InChI=1S/C30H43FN6O4S/c1-20(2)37(21(3)4)29(38)25-13-23(31)5-6-26(25)41-27-14-32-19-33-28(27)36-12-9-22(16-36)15-35-17-30(18-35)10-7-24(8-11-30)34-42(39)40/h5-6,13-14,19-22,24,34H,7-12,15-18H2,1-4H3,(H,39,40)/t22-/m1/s1. The summed E-state index contributed by atoms with van der Waals surface area (Å²) >= 11 is -1.94. The van der Waals surface area contributed by atoms with Gasteiger partial charge in [-0.2, -0.15) is 0 Å². The number of carbonyl (C=O) groups is 1. The lowest BCUT2D eigenvalue weighted by atomic mass is 9.67. The molecule has 1 aliphatic carbocycles. The number of hydrogen-bond donors (Lipinski definition) is 2. The van der Waals surface area contributed by atoms with Crippen LogP contribution in [0.1, 0.15) is 70.2 Å². The average molecular weight is 603 g/mol. The Hall–Kier alpha value is -2.67. The summed E-state index contributed by atoms with van der Waals surface area (Å²) in [5.41, 5.74) is 0.527. The highest BCUT2D eigenvalue weighted by atomic mass is 32.2. The van der Waals surface area contributed by atoms with Crippen LogP contribution in [0, 0.1) is 17.2 Å². The van der Waals surface area contributed by atoms with Crippen molar-refractivity contribution >= 4 is 23.0 Å². The third-order valence-electron chi connectivity index (χ3n) is 8.93. The number of anilines is 1. The first-order chi connectivity index (χ1) is 20.0. The maximum absolute atomic E-state index is 14.3. The molecule has 2 N–H and O–H groups in total. The van der Waals surface area contributed by atoms with Crippen LogP contribution in [-0.2, 0) is 11.3 Å². The van der Waals surface area contributed by atoms with Crippen molar-refractivity contribution < 1.29 is 22.7 Å². The molecule has 0 radical (unpaired) electrons. The number of aromatic nitrogens is 2. The van der Waals surface area contributed by atoms with Crippen LogP contribution in [0.15, 0.2) is 30.7 Å². The number of carbonyl (C=O) groups excluding carboxylic acids is 1. The van der Waals surface area contributed by atoms with E-state index >= 15 is 0 Å². The number of ether oxygens (including phenoxy) is 1. The molecule has 3 heterocycles. The van der Waals surface area contributed by atoms with E-state index < -0.39 is 17.1 Å². The highest BCUT2D eigenvalue weighted by Crippen LogP contribution is 2.44. The minimum atomic E-state index is -1.94. The molecular formula is C30H43FN6O4S. The van der Waals surface area contributed by atoms with E-state index in [0.717, 1.165) is 64.8 Å². The zero-order valence-electron chi connectivity index (χ0n) is 25.0. The van der Waals surface area contributed by atoms with Gasteiger partial charge in [0.1, 0.15) is 17.9 Å².